The Hall–Kier alpha value is -0.980. The molecule has 0 saturated heterocycles. The fourth-order valence-electron chi connectivity index (χ4n) is 12.1. The van der Waals surface area contributed by atoms with E-state index in [1.54, 1.807) is 23.5 Å². The zero-order valence-corrected chi connectivity index (χ0v) is 64.5. The second-order valence-electron chi connectivity index (χ2n) is 23.1. The number of amides is 4. The van der Waals surface area contributed by atoms with Crippen LogP contribution in [0.4, 0.5) is 0 Å². The van der Waals surface area contributed by atoms with Gasteiger partial charge in [0.25, 0.3) is 23.6 Å². The van der Waals surface area contributed by atoms with Crippen molar-refractivity contribution >= 4 is 241 Å². The van der Waals surface area contributed by atoms with Crippen LogP contribution in [0.5, 0.6) is 0 Å². The summed E-state index contributed by atoms with van der Waals surface area (Å²) in [6.07, 6.45) is 27.4. The zero-order chi connectivity index (χ0) is 63.0. The van der Waals surface area contributed by atoms with Crippen LogP contribution in [0.3, 0.4) is 0 Å². The molecule has 5 aromatic carbocycles. The SMILES string of the molecule is CCCCCCSC1=C(SCCCCCC)SC(=C2SC(SC)=C(c3cc4c5c(ccc6c7c(C8=C(SC)SC(=C9SC(SCCCCCC)=C(SCCCCCC)S9)S8)cc8c9c(ccc(c3c56)c97)C(=O)N(CCCC)C8=O)C(=O)N(CCCC)C4=O)S2)S1. The van der Waals surface area contributed by atoms with Crippen LogP contribution in [0, 0.1) is 0 Å². The molecule has 90 heavy (non-hydrogen) atoms. The second kappa shape index (κ2) is 33.5. The van der Waals surface area contributed by atoms with E-state index in [2.05, 4.69) is 78.3 Å². The van der Waals surface area contributed by atoms with Crippen LogP contribution >= 0.6 is 165 Å². The Balaban J connectivity index is 1.10. The molecule has 0 radical (unpaired) electrons. The third-order valence-corrected chi connectivity index (χ3v) is 37.0. The minimum absolute atomic E-state index is 0.248. The van der Waals surface area contributed by atoms with Gasteiger partial charge in [-0.15, -0.1) is 70.6 Å². The molecular formula is C70H82N2O4S14. The first kappa shape index (κ1) is 70.3. The van der Waals surface area contributed by atoms with Gasteiger partial charge in [-0.25, -0.2) is 0 Å². The lowest BCUT2D eigenvalue weighted by molar-refractivity contribution is 0.0593. The van der Waals surface area contributed by atoms with Gasteiger partial charge in [0.1, 0.15) is 0 Å². The molecule has 0 N–H and O–H groups in total. The molecule has 0 aromatic heterocycles. The number of hydrogen-bond acceptors (Lipinski definition) is 18. The summed E-state index contributed by atoms with van der Waals surface area (Å²) in [5.41, 5.74) is 4.11. The van der Waals surface area contributed by atoms with Crippen LogP contribution < -0.4 is 0 Å². The average molecular weight is 1460 g/mol. The quantitative estimate of drug-likeness (QED) is 0.0170. The van der Waals surface area contributed by atoms with Crippen molar-refractivity contribution in [1.82, 2.24) is 9.80 Å². The van der Waals surface area contributed by atoms with Gasteiger partial charge in [-0.1, -0.05) is 238 Å². The summed E-state index contributed by atoms with van der Waals surface area (Å²) in [6, 6.07) is 12.4. The van der Waals surface area contributed by atoms with E-state index in [4.69, 9.17) is 0 Å². The summed E-state index contributed by atoms with van der Waals surface area (Å²) in [5, 5.41) is 6.96. The summed E-state index contributed by atoms with van der Waals surface area (Å²) in [6.45, 7) is 14.0. The molecule has 0 unspecified atom stereocenters. The molecule has 0 aliphatic carbocycles. The summed E-state index contributed by atoms with van der Waals surface area (Å²) in [7, 11) is 0. The van der Waals surface area contributed by atoms with Gasteiger partial charge in [0.2, 0.25) is 0 Å². The number of fused-ring (bicyclic) bond motifs is 2. The van der Waals surface area contributed by atoms with Crippen molar-refractivity contribution in [1.29, 1.82) is 0 Å². The summed E-state index contributed by atoms with van der Waals surface area (Å²) >= 11 is 26.8. The van der Waals surface area contributed by atoms with Crippen LogP contribution in [0.2, 0.25) is 0 Å². The highest BCUT2D eigenvalue weighted by molar-refractivity contribution is 8.45. The lowest BCUT2D eigenvalue weighted by atomic mass is 9.79. The first-order valence-electron chi connectivity index (χ1n) is 32.5. The van der Waals surface area contributed by atoms with Crippen molar-refractivity contribution in [3.8, 4) is 0 Å². The van der Waals surface area contributed by atoms with Crippen LogP contribution in [0.25, 0.3) is 52.9 Å². The highest BCUT2D eigenvalue weighted by Gasteiger charge is 2.42. The van der Waals surface area contributed by atoms with Crippen molar-refractivity contribution in [3.05, 3.63) is 112 Å². The standard InChI is InChI=1S/C70H82N2O4S14/c1-9-15-21-25-35-79-63-64(80-36-26-22-16-10-2)88-69(87-63)67-83-55(61(77-7)85-67)45-39-47-51-43(57(73)71(59(47)75)33-19-13-5)32-30-42-50-46(40-48-52-44(58(74)72(60(48)76)34-20-14-6)31-29-41(54(50)52)49(45)53(42)51)56-62(78-8)86-68(84-56)70-89-65(81-37-27-23-17-11-3)66(90-70)82-38-28-24-18-12-4/h29-32,39-40H,9-28,33-38H2,1-8H3. The van der Waals surface area contributed by atoms with E-state index in [1.807, 2.05) is 153 Å². The fourth-order valence-corrected chi connectivity index (χ4v) is 32.2. The monoisotopic (exact) mass is 1460 g/mol. The van der Waals surface area contributed by atoms with Crippen molar-refractivity contribution in [3.63, 3.8) is 0 Å². The third kappa shape index (κ3) is 14.7. The summed E-state index contributed by atoms with van der Waals surface area (Å²) in [5.74, 6) is 3.49. The van der Waals surface area contributed by atoms with E-state index in [1.165, 1.54) is 155 Å². The number of imide groups is 2. The Morgan fingerprint density at radius 1 is 0.311 bits per heavy atom. The Morgan fingerprint density at radius 2 is 0.611 bits per heavy atom. The summed E-state index contributed by atoms with van der Waals surface area (Å²) in [4.78, 5) is 66.1. The largest absolute Gasteiger partial charge is 0.274 e. The molecule has 6 aliphatic rings. The van der Waals surface area contributed by atoms with Gasteiger partial charge in [0.15, 0.2) is 0 Å². The lowest BCUT2D eigenvalue weighted by Gasteiger charge is -2.32. The van der Waals surface area contributed by atoms with Gasteiger partial charge in [0.05, 0.1) is 42.4 Å². The maximum atomic E-state index is 15.5. The van der Waals surface area contributed by atoms with E-state index >= 15 is 19.2 Å². The Morgan fingerprint density at radius 3 is 0.922 bits per heavy atom. The van der Waals surface area contributed by atoms with Gasteiger partial charge >= 0.3 is 0 Å². The van der Waals surface area contributed by atoms with Crippen molar-refractivity contribution in [2.45, 2.75) is 170 Å². The zero-order valence-electron chi connectivity index (χ0n) is 53.1. The van der Waals surface area contributed by atoms with E-state index in [9.17, 15) is 0 Å². The van der Waals surface area contributed by atoms with Crippen molar-refractivity contribution in [2.24, 2.45) is 0 Å². The lowest BCUT2D eigenvalue weighted by Crippen LogP contribution is -2.41. The minimum Gasteiger partial charge on any atom is -0.274 e. The maximum Gasteiger partial charge on any atom is 0.261 e. The molecule has 4 amide bonds. The van der Waals surface area contributed by atoms with Gasteiger partial charge in [-0.2, -0.15) is 0 Å². The predicted octanol–water partition coefficient (Wildman–Crippen LogP) is 26.2. The molecule has 20 heteroatoms. The van der Waals surface area contributed by atoms with Gasteiger partial charge < -0.3 is 0 Å². The smallest absolute Gasteiger partial charge is 0.261 e. The van der Waals surface area contributed by atoms with E-state index in [0.29, 0.717) is 59.0 Å². The van der Waals surface area contributed by atoms with Gasteiger partial charge in [-0.3, -0.25) is 29.0 Å². The summed E-state index contributed by atoms with van der Waals surface area (Å²) < 4.78 is 13.2. The molecule has 11 rings (SSSR count). The Kier molecular flexibility index (Phi) is 26.2. The van der Waals surface area contributed by atoms with Crippen LogP contribution in [0.15, 0.2) is 78.8 Å². The maximum absolute atomic E-state index is 15.5. The number of benzene rings is 5. The first-order valence-corrected chi connectivity index (χ1v) is 45.4. The Labute approximate surface area is 594 Å². The molecule has 0 fully saturated rings. The second-order valence-corrected chi connectivity index (χ2v) is 39.9. The number of carbonyl (C=O) groups excluding carboxylic acids is 4. The molecule has 0 bridgehead atoms. The predicted molar refractivity (Wildman–Crippen MR) is 424 cm³/mol. The van der Waals surface area contributed by atoms with Gasteiger partial charge in [-0.05, 0) is 142 Å². The molecule has 6 heterocycles. The number of nitrogens with zero attached hydrogens (tertiary/aromatic N) is 2. The van der Waals surface area contributed by atoms with E-state index < -0.39 is 0 Å². The normalized spacial score (nSPS) is 17.3. The van der Waals surface area contributed by atoms with Crippen LogP contribution in [-0.4, -0.2) is 82.0 Å². The number of carbonyl (C=O) groups is 4. The molecule has 6 aliphatic heterocycles. The van der Waals surface area contributed by atoms with Crippen molar-refractivity contribution < 1.29 is 19.2 Å². The molecule has 480 valence electrons. The molecule has 5 aromatic rings. The molecule has 0 saturated carbocycles. The van der Waals surface area contributed by atoms with Crippen LogP contribution in [-0.2, 0) is 0 Å². The number of unbranched alkanes of at least 4 members (excludes halogenated alkanes) is 14. The third-order valence-electron chi connectivity index (χ3n) is 16.8. The average Bonchev–Trinajstić information content (AvgIpc) is 0.831. The van der Waals surface area contributed by atoms with E-state index in [-0.39, 0.29) is 23.6 Å². The highest BCUT2D eigenvalue weighted by Crippen LogP contribution is 2.69. The first-order chi connectivity index (χ1) is 44.0. The molecule has 0 spiro atoms. The highest BCUT2D eigenvalue weighted by atomic mass is 32.3. The van der Waals surface area contributed by atoms with Crippen LogP contribution in [0.1, 0.15) is 223 Å². The molecular weight excluding hydrogens is 1380 g/mol. The Bertz CT molecular complexity index is 3510. The molecule has 6 nitrogen and oxygen atoms in total. The molecule has 0 atom stereocenters. The number of thioether (sulfide) groups is 14. The minimum atomic E-state index is -0.253. The van der Waals surface area contributed by atoms with Crippen molar-refractivity contribution in [2.75, 3.05) is 48.6 Å². The number of hydrogen-bond donors (Lipinski definition) is 0. The fraction of sp³-hybridized carbons (Fsp3) is 0.486. The number of rotatable bonds is 34. The van der Waals surface area contributed by atoms with E-state index in [0.717, 1.165) is 89.1 Å². The topological polar surface area (TPSA) is 74.8 Å². The van der Waals surface area contributed by atoms with Gasteiger partial charge in [0, 0.05) is 55.9 Å².